The molecule has 0 radical (unpaired) electrons. The fraction of sp³-hybridized carbons (Fsp3) is 0.700. The largest absolute Gasteiger partial charge is 0.376 e. The Morgan fingerprint density at radius 3 is 2.90 bits per heavy atom. The number of ether oxygens (including phenoxy) is 1. The van der Waals surface area contributed by atoms with Gasteiger partial charge in [-0.2, -0.15) is 0 Å². The third-order valence-electron chi connectivity index (χ3n) is 5.29. The van der Waals surface area contributed by atoms with E-state index in [1.165, 1.54) is 0 Å². The molecule has 0 aromatic carbocycles. The number of rotatable bonds is 10. The highest BCUT2D eigenvalue weighted by molar-refractivity contribution is 5.92. The van der Waals surface area contributed by atoms with E-state index in [0.29, 0.717) is 45.0 Å². The highest BCUT2D eigenvalue weighted by Gasteiger charge is 2.25. The Labute approximate surface area is 170 Å². The first-order valence-electron chi connectivity index (χ1n) is 10.4. The molecule has 1 aromatic rings. The lowest BCUT2D eigenvalue weighted by molar-refractivity contribution is -0.127. The minimum absolute atomic E-state index is 0.00647. The number of aryl methyl sites for hydroxylation is 1. The van der Waals surface area contributed by atoms with E-state index in [-0.39, 0.29) is 35.9 Å². The number of nitrogens with zero attached hydrogens (tertiary/aromatic N) is 3. The van der Waals surface area contributed by atoms with Gasteiger partial charge in [0, 0.05) is 58.2 Å². The van der Waals surface area contributed by atoms with Crippen LogP contribution in [0.2, 0.25) is 0 Å². The summed E-state index contributed by atoms with van der Waals surface area (Å²) < 4.78 is 10.7. The molecule has 0 saturated carbocycles. The van der Waals surface area contributed by atoms with E-state index in [9.17, 15) is 14.4 Å². The second kappa shape index (κ2) is 10.4. The molecule has 2 fully saturated rings. The van der Waals surface area contributed by atoms with E-state index in [1.807, 2.05) is 4.90 Å². The van der Waals surface area contributed by atoms with Crippen LogP contribution in [0, 0.1) is 6.92 Å². The molecular weight excluding hydrogens is 376 g/mol. The number of aromatic nitrogens is 1. The summed E-state index contributed by atoms with van der Waals surface area (Å²) in [6, 6.07) is 1.60. The maximum absolute atomic E-state index is 12.8. The maximum atomic E-state index is 12.8. The van der Waals surface area contributed by atoms with E-state index in [2.05, 4.69) is 10.5 Å². The van der Waals surface area contributed by atoms with Crippen LogP contribution in [-0.2, 0) is 14.3 Å². The molecule has 9 nitrogen and oxygen atoms in total. The molecule has 1 N–H and O–H groups in total. The second-order valence-electron chi connectivity index (χ2n) is 7.65. The number of amides is 3. The van der Waals surface area contributed by atoms with Gasteiger partial charge in [0.25, 0.3) is 5.91 Å². The van der Waals surface area contributed by atoms with Crippen LogP contribution < -0.4 is 5.32 Å². The van der Waals surface area contributed by atoms with Crippen molar-refractivity contribution in [2.75, 3.05) is 39.3 Å². The molecule has 0 spiro atoms. The average molecular weight is 406 g/mol. The van der Waals surface area contributed by atoms with Crippen LogP contribution >= 0.6 is 0 Å². The molecule has 2 aliphatic rings. The highest BCUT2D eigenvalue weighted by atomic mass is 16.5. The molecule has 29 heavy (non-hydrogen) atoms. The van der Waals surface area contributed by atoms with Gasteiger partial charge in [0.15, 0.2) is 5.69 Å². The zero-order valence-electron chi connectivity index (χ0n) is 17.0. The average Bonchev–Trinajstić information content (AvgIpc) is 3.45. The highest BCUT2D eigenvalue weighted by Crippen LogP contribution is 2.16. The Hall–Kier alpha value is -2.42. The number of carbonyl (C=O) groups is 3. The minimum atomic E-state index is -0.252. The van der Waals surface area contributed by atoms with Gasteiger partial charge in [-0.15, -0.1) is 0 Å². The molecule has 2 aliphatic heterocycles. The van der Waals surface area contributed by atoms with Crippen molar-refractivity contribution in [1.82, 2.24) is 20.3 Å². The third kappa shape index (κ3) is 6.28. The minimum Gasteiger partial charge on any atom is -0.376 e. The Morgan fingerprint density at radius 1 is 1.38 bits per heavy atom. The normalized spacial score (nSPS) is 19.0. The van der Waals surface area contributed by atoms with Crippen molar-refractivity contribution in [3.05, 3.63) is 17.5 Å². The Morgan fingerprint density at radius 2 is 2.24 bits per heavy atom. The monoisotopic (exact) mass is 406 g/mol. The summed E-state index contributed by atoms with van der Waals surface area (Å²) in [4.78, 5) is 40.0. The SMILES string of the molecule is Cc1cc(C(=O)N(CCC(=O)NCCCN2CCCC2=O)C[C@@H]2CCCO2)no1. The van der Waals surface area contributed by atoms with Crippen LogP contribution in [0.4, 0.5) is 0 Å². The first-order chi connectivity index (χ1) is 14.0. The Balaban J connectivity index is 1.43. The van der Waals surface area contributed by atoms with Gasteiger partial charge in [-0.1, -0.05) is 5.16 Å². The number of hydrogen-bond acceptors (Lipinski definition) is 6. The molecule has 1 aromatic heterocycles. The lowest BCUT2D eigenvalue weighted by Crippen LogP contribution is -2.40. The molecule has 9 heteroatoms. The van der Waals surface area contributed by atoms with Crippen molar-refractivity contribution in [2.24, 2.45) is 0 Å². The van der Waals surface area contributed by atoms with E-state index < -0.39 is 0 Å². The molecule has 3 amide bonds. The van der Waals surface area contributed by atoms with Gasteiger partial charge in [0.1, 0.15) is 5.76 Å². The van der Waals surface area contributed by atoms with E-state index in [4.69, 9.17) is 9.26 Å². The van der Waals surface area contributed by atoms with E-state index in [1.54, 1.807) is 17.9 Å². The lowest BCUT2D eigenvalue weighted by atomic mass is 10.2. The lowest BCUT2D eigenvalue weighted by Gasteiger charge is -2.24. The Bertz CT molecular complexity index is 713. The Kier molecular flexibility index (Phi) is 7.62. The zero-order chi connectivity index (χ0) is 20.6. The summed E-state index contributed by atoms with van der Waals surface area (Å²) in [6.45, 7) is 5.18. The van der Waals surface area contributed by atoms with Crippen LogP contribution in [0.25, 0.3) is 0 Å². The molecule has 1 atom stereocenters. The summed E-state index contributed by atoms with van der Waals surface area (Å²) in [5.41, 5.74) is 0.246. The van der Waals surface area contributed by atoms with Crippen LogP contribution in [0.15, 0.2) is 10.6 Å². The van der Waals surface area contributed by atoms with Gasteiger partial charge in [-0.25, -0.2) is 0 Å². The third-order valence-corrected chi connectivity index (χ3v) is 5.29. The van der Waals surface area contributed by atoms with Crippen molar-refractivity contribution in [1.29, 1.82) is 0 Å². The summed E-state index contributed by atoms with van der Waals surface area (Å²) in [5.74, 6) is 0.402. The summed E-state index contributed by atoms with van der Waals surface area (Å²) in [5, 5.41) is 6.68. The summed E-state index contributed by atoms with van der Waals surface area (Å²) in [6.07, 6.45) is 4.37. The fourth-order valence-corrected chi connectivity index (χ4v) is 3.70. The molecule has 3 heterocycles. The van der Waals surface area contributed by atoms with Gasteiger partial charge < -0.3 is 24.4 Å². The van der Waals surface area contributed by atoms with Gasteiger partial charge in [-0.05, 0) is 32.6 Å². The smallest absolute Gasteiger partial charge is 0.276 e. The number of nitrogens with one attached hydrogen (secondary N) is 1. The molecule has 3 rings (SSSR count). The second-order valence-corrected chi connectivity index (χ2v) is 7.65. The topological polar surface area (TPSA) is 105 Å². The standard InChI is InChI=1S/C20H30N4O5/c1-15-13-17(22-29-15)20(27)24(14-16-5-3-12-28-16)11-7-18(25)21-8-4-10-23-9-2-6-19(23)26/h13,16H,2-12,14H2,1H3,(H,21,25)/t16-/m0/s1. The fourth-order valence-electron chi connectivity index (χ4n) is 3.70. The predicted octanol–water partition coefficient (Wildman–Crippen LogP) is 1.12. The number of carbonyl (C=O) groups excluding carboxylic acids is 3. The van der Waals surface area contributed by atoms with Gasteiger partial charge >= 0.3 is 0 Å². The first kappa shape index (κ1) is 21.3. The van der Waals surface area contributed by atoms with E-state index in [0.717, 1.165) is 32.2 Å². The molecule has 0 unspecified atom stereocenters. The van der Waals surface area contributed by atoms with Crippen LogP contribution in [0.1, 0.15) is 54.8 Å². The zero-order valence-corrected chi connectivity index (χ0v) is 17.0. The summed E-state index contributed by atoms with van der Waals surface area (Å²) >= 11 is 0. The molecule has 0 aliphatic carbocycles. The predicted molar refractivity (Wildman–Crippen MR) is 104 cm³/mol. The van der Waals surface area contributed by atoms with Crippen molar-refractivity contribution in [3.8, 4) is 0 Å². The van der Waals surface area contributed by atoms with Gasteiger partial charge in [0.05, 0.1) is 6.10 Å². The molecular formula is C20H30N4O5. The van der Waals surface area contributed by atoms with Crippen molar-refractivity contribution in [2.45, 2.75) is 51.6 Å². The van der Waals surface area contributed by atoms with E-state index >= 15 is 0 Å². The summed E-state index contributed by atoms with van der Waals surface area (Å²) in [7, 11) is 0. The van der Waals surface area contributed by atoms with Crippen LogP contribution in [0.3, 0.4) is 0 Å². The molecule has 160 valence electrons. The maximum Gasteiger partial charge on any atom is 0.276 e. The quantitative estimate of drug-likeness (QED) is 0.584. The van der Waals surface area contributed by atoms with Gasteiger partial charge in [-0.3, -0.25) is 14.4 Å². The van der Waals surface area contributed by atoms with Crippen molar-refractivity contribution >= 4 is 17.7 Å². The van der Waals surface area contributed by atoms with Crippen LogP contribution in [-0.4, -0.2) is 78.1 Å². The number of likely N-dealkylation sites (tertiary alicyclic amines) is 1. The number of hydrogen-bond donors (Lipinski definition) is 1. The molecule has 0 bridgehead atoms. The van der Waals surface area contributed by atoms with Crippen molar-refractivity contribution < 1.29 is 23.6 Å². The van der Waals surface area contributed by atoms with Crippen LogP contribution in [0.5, 0.6) is 0 Å². The first-order valence-corrected chi connectivity index (χ1v) is 10.4. The van der Waals surface area contributed by atoms with Crippen molar-refractivity contribution in [3.63, 3.8) is 0 Å². The van der Waals surface area contributed by atoms with Gasteiger partial charge in [0.2, 0.25) is 11.8 Å². The molecule has 2 saturated heterocycles.